The lowest BCUT2D eigenvalue weighted by atomic mass is 9.99. The Morgan fingerprint density at radius 1 is 1.00 bits per heavy atom. The van der Waals surface area contributed by atoms with Gasteiger partial charge in [-0.05, 0) is 48.4 Å². The summed E-state index contributed by atoms with van der Waals surface area (Å²) >= 11 is 6.06. The molecule has 1 heterocycles. The zero-order valence-corrected chi connectivity index (χ0v) is 13.7. The molecule has 3 rings (SSSR count). The summed E-state index contributed by atoms with van der Waals surface area (Å²) in [4.78, 5) is 12.4. The second-order valence-corrected chi connectivity index (χ2v) is 5.54. The van der Waals surface area contributed by atoms with E-state index in [0.29, 0.717) is 33.2 Å². The number of rotatable bonds is 3. The highest BCUT2D eigenvalue weighted by Gasteiger charge is 2.15. The minimum atomic E-state index is -0.399. The van der Waals surface area contributed by atoms with Gasteiger partial charge in [-0.15, -0.1) is 0 Å². The Labute approximate surface area is 138 Å². The molecule has 0 aliphatic heterocycles. The van der Waals surface area contributed by atoms with Crippen LogP contribution >= 0.6 is 11.6 Å². The molecule has 0 N–H and O–H groups in total. The van der Waals surface area contributed by atoms with Crippen LogP contribution in [-0.2, 0) is 0 Å². The van der Waals surface area contributed by atoms with Crippen LogP contribution in [0.4, 0.5) is 0 Å². The molecule has 0 saturated heterocycles. The number of aryl methyl sites for hydroxylation is 1. The first kappa shape index (κ1) is 15.4. The van der Waals surface area contributed by atoms with Crippen LogP contribution < -0.4 is 15.1 Å². The van der Waals surface area contributed by atoms with Gasteiger partial charge in [0, 0.05) is 10.4 Å². The van der Waals surface area contributed by atoms with E-state index in [4.69, 9.17) is 25.5 Å². The van der Waals surface area contributed by atoms with E-state index in [0.717, 1.165) is 10.9 Å². The van der Waals surface area contributed by atoms with Gasteiger partial charge >= 0.3 is 5.63 Å². The predicted molar refractivity (Wildman–Crippen MR) is 90.8 cm³/mol. The zero-order valence-electron chi connectivity index (χ0n) is 13.0. The van der Waals surface area contributed by atoms with Gasteiger partial charge in [-0.2, -0.15) is 0 Å². The van der Waals surface area contributed by atoms with E-state index in [2.05, 4.69) is 0 Å². The minimum Gasteiger partial charge on any atom is -0.493 e. The van der Waals surface area contributed by atoms with Gasteiger partial charge in [-0.3, -0.25) is 0 Å². The molecule has 0 aliphatic carbocycles. The van der Waals surface area contributed by atoms with Gasteiger partial charge in [-0.25, -0.2) is 4.79 Å². The van der Waals surface area contributed by atoms with Crippen molar-refractivity contribution in [3.63, 3.8) is 0 Å². The molecule has 0 aliphatic rings. The average Bonchev–Trinajstić information content (AvgIpc) is 2.55. The van der Waals surface area contributed by atoms with E-state index >= 15 is 0 Å². The number of hydrogen-bond acceptors (Lipinski definition) is 4. The van der Waals surface area contributed by atoms with Crippen LogP contribution in [0.5, 0.6) is 11.5 Å². The van der Waals surface area contributed by atoms with Gasteiger partial charge in [0.25, 0.3) is 0 Å². The van der Waals surface area contributed by atoms with E-state index < -0.39 is 5.63 Å². The van der Waals surface area contributed by atoms with E-state index in [-0.39, 0.29) is 0 Å². The predicted octanol–water partition coefficient (Wildman–Crippen LogP) is 4.44. The van der Waals surface area contributed by atoms with Gasteiger partial charge in [0.1, 0.15) is 5.58 Å². The molecule has 2 aromatic carbocycles. The highest BCUT2D eigenvalue weighted by molar-refractivity contribution is 6.31. The summed E-state index contributed by atoms with van der Waals surface area (Å²) in [5.74, 6) is 1.15. The first-order valence-corrected chi connectivity index (χ1v) is 7.38. The molecule has 23 heavy (non-hydrogen) atoms. The maximum atomic E-state index is 12.4. The largest absolute Gasteiger partial charge is 0.493 e. The fourth-order valence-corrected chi connectivity index (χ4v) is 2.82. The van der Waals surface area contributed by atoms with Crippen LogP contribution in [-0.4, -0.2) is 14.2 Å². The fraction of sp³-hybridized carbons (Fsp3) is 0.167. The third-order valence-electron chi connectivity index (χ3n) is 3.80. The Morgan fingerprint density at radius 2 is 1.74 bits per heavy atom. The van der Waals surface area contributed by atoms with Crippen LogP contribution in [0.15, 0.2) is 45.6 Å². The van der Waals surface area contributed by atoms with Crippen molar-refractivity contribution in [2.75, 3.05) is 14.2 Å². The second kappa shape index (κ2) is 5.97. The summed E-state index contributed by atoms with van der Waals surface area (Å²) in [6.45, 7) is 1.88. The smallest absolute Gasteiger partial charge is 0.344 e. The maximum Gasteiger partial charge on any atom is 0.344 e. The number of ether oxygens (including phenoxy) is 2. The summed E-state index contributed by atoms with van der Waals surface area (Å²) in [7, 11) is 3.12. The Kier molecular flexibility index (Phi) is 4.01. The van der Waals surface area contributed by atoms with Gasteiger partial charge in [-0.1, -0.05) is 17.7 Å². The van der Waals surface area contributed by atoms with E-state index in [1.165, 1.54) is 0 Å². The first-order chi connectivity index (χ1) is 11.0. The average molecular weight is 331 g/mol. The van der Waals surface area contributed by atoms with Gasteiger partial charge in [0.15, 0.2) is 11.5 Å². The molecule has 0 fully saturated rings. The lowest BCUT2D eigenvalue weighted by molar-refractivity contribution is 0.355. The van der Waals surface area contributed by atoms with Gasteiger partial charge in [0.05, 0.1) is 19.8 Å². The molecule has 118 valence electrons. The van der Waals surface area contributed by atoms with Crippen molar-refractivity contribution in [3.05, 3.63) is 57.4 Å². The fourth-order valence-electron chi connectivity index (χ4n) is 2.65. The molecule has 5 heteroatoms. The molecule has 4 nitrogen and oxygen atoms in total. The number of hydrogen-bond donors (Lipinski definition) is 0. The van der Waals surface area contributed by atoms with E-state index in [9.17, 15) is 4.79 Å². The van der Waals surface area contributed by atoms with Crippen molar-refractivity contribution in [1.29, 1.82) is 0 Å². The summed E-state index contributed by atoms with van der Waals surface area (Å²) < 4.78 is 16.0. The highest BCUT2D eigenvalue weighted by Crippen LogP contribution is 2.34. The number of methoxy groups -OCH3 is 2. The topological polar surface area (TPSA) is 48.7 Å². The molecule has 0 radical (unpaired) electrons. The maximum absolute atomic E-state index is 12.4. The lowest BCUT2D eigenvalue weighted by Gasteiger charge is -2.11. The van der Waals surface area contributed by atoms with Crippen molar-refractivity contribution in [2.45, 2.75) is 6.92 Å². The van der Waals surface area contributed by atoms with Crippen LogP contribution in [0.2, 0.25) is 5.02 Å². The molecule has 0 saturated carbocycles. The highest BCUT2D eigenvalue weighted by atomic mass is 35.5. The zero-order chi connectivity index (χ0) is 16.6. The Hall–Kier alpha value is -2.46. The van der Waals surface area contributed by atoms with E-state index in [1.54, 1.807) is 50.6 Å². The van der Waals surface area contributed by atoms with Crippen molar-refractivity contribution < 1.29 is 13.9 Å². The van der Waals surface area contributed by atoms with Crippen molar-refractivity contribution >= 4 is 22.6 Å². The van der Waals surface area contributed by atoms with Crippen LogP contribution in [0.1, 0.15) is 5.56 Å². The first-order valence-electron chi connectivity index (χ1n) is 7.00. The third-order valence-corrected chi connectivity index (χ3v) is 4.03. The molecular formula is C18H15ClO4. The third kappa shape index (κ3) is 2.66. The molecule has 0 unspecified atom stereocenters. The molecule has 1 aromatic heterocycles. The molecule has 0 bridgehead atoms. The Balaban J connectivity index is 2.30. The normalized spacial score (nSPS) is 10.8. The standard InChI is InChI=1S/C18H15ClO4/c1-10-13-9-12(19)5-7-14(13)23-18(20)17(10)11-4-6-15(21-2)16(8-11)22-3/h4-9H,1-3H3. The molecule has 0 atom stereocenters. The molecule has 0 amide bonds. The number of fused-ring (bicyclic) bond motifs is 1. The summed E-state index contributed by atoms with van der Waals surface area (Å²) in [5.41, 5.74) is 2.12. The summed E-state index contributed by atoms with van der Waals surface area (Å²) in [6.07, 6.45) is 0. The molecule has 0 spiro atoms. The second-order valence-electron chi connectivity index (χ2n) is 5.10. The van der Waals surface area contributed by atoms with Crippen molar-refractivity contribution in [1.82, 2.24) is 0 Å². The SMILES string of the molecule is COc1ccc(-c2c(C)c3cc(Cl)ccc3oc2=O)cc1OC. The monoisotopic (exact) mass is 330 g/mol. The summed E-state index contributed by atoms with van der Waals surface area (Å²) in [6, 6.07) is 10.5. The Bertz CT molecular complexity index is 944. The molecule has 3 aromatic rings. The quantitative estimate of drug-likeness (QED) is 0.666. The van der Waals surface area contributed by atoms with Crippen LogP contribution in [0.3, 0.4) is 0 Å². The van der Waals surface area contributed by atoms with Gasteiger partial charge < -0.3 is 13.9 Å². The van der Waals surface area contributed by atoms with Gasteiger partial charge in [0.2, 0.25) is 0 Å². The van der Waals surface area contributed by atoms with E-state index in [1.807, 2.05) is 6.92 Å². The lowest BCUT2D eigenvalue weighted by Crippen LogP contribution is -2.06. The van der Waals surface area contributed by atoms with Crippen molar-refractivity contribution in [3.8, 4) is 22.6 Å². The van der Waals surface area contributed by atoms with Crippen molar-refractivity contribution in [2.24, 2.45) is 0 Å². The number of benzene rings is 2. The van der Waals surface area contributed by atoms with Crippen LogP contribution in [0, 0.1) is 6.92 Å². The minimum absolute atomic E-state index is 0.399. The molecular weight excluding hydrogens is 316 g/mol. The van der Waals surface area contributed by atoms with Crippen LogP contribution in [0.25, 0.3) is 22.1 Å². The number of halogens is 1. The summed E-state index contributed by atoms with van der Waals surface area (Å²) in [5, 5.41) is 1.40. The Morgan fingerprint density at radius 3 is 2.43 bits per heavy atom.